The van der Waals surface area contributed by atoms with Crippen molar-refractivity contribution < 1.29 is 53.5 Å². The zero-order valence-corrected chi connectivity index (χ0v) is 11.3. The van der Waals surface area contributed by atoms with Crippen LogP contribution in [-0.2, 0) is 24.5 Å². The Morgan fingerprint density at radius 1 is 1.12 bits per heavy atom. The van der Waals surface area contributed by atoms with Gasteiger partial charge >= 0.3 is 29.6 Å². The number of rotatable bonds is 4. The Labute approximate surface area is 116 Å². The van der Waals surface area contributed by atoms with E-state index in [4.69, 9.17) is 4.55 Å². The molecule has 1 rings (SSSR count). The van der Waals surface area contributed by atoms with Crippen LogP contribution in [-0.4, -0.2) is 25.5 Å². The van der Waals surface area contributed by atoms with Gasteiger partial charge in [-0.3, -0.25) is 4.55 Å². The normalized spacial score (nSPS) is 11.3. The predicted molar refractivity (Wildman–Crippen MR) is 52.9 cm³/mol. The van der Waals surface area contributed by atoms with Gasteiger partial charge in [0.15, 0.2) is 12.6 Å². The van der Waals surface area contributed by atoms with E-state index < -0.39 is 14.9 Å². The van der Waals surface area contributed by atoms with Crippen molar-refractivity contribution in [2.75, 3.05) is 0 Å². The van der Waals surface area contributed by atoms with E-state index in [0.29, 0.717) is 0 Å². The van der Waals surface area contributed by atoms with Crippen molar-refractivity contribution in [2.24, 2.45) is 0 Å². The molecule has 0 saturated carbocycles. The molecule has 16 heavy (non-hydrogen) atoms. The van der Waals surface area contributed by atoms with Gasteiger partial charge < -0.3 is 11.0 Å². The molecule has 0 bridgehead atoms. The molecule has 0 radical (unpaired) electrons. The molecule has 0 amide bonds. The van der Waals surface area contributed by atoms with Gasteiger partial charge in [-0.25, -0.2) is 0 Å². The van der Waals surface area contributed by atoms with Crippen LogP contribution in [0.2, 0.25) is 0 Å². The smallest absolute Gasteiger partial charge is 1.00 e. The molecule has 7 heteroatoms. The first-order valence-corrected chi connectivity index (χ1v) is 5.37. The van der Waals surface area contributed by atoms with E-state index in [1.165, 1.54) is 24.3 Å². The van der Waals surface area contributed by atoms with Crippen molar-refractivity contribution in [3.8, 4) is 0 Å². The van der Waals surface area contributed by atoms with Crippen molar-refractivity contribution >= 4 is 22.7 Å². The van der Waals surface area contributed by atoms with Crippen LogP contribution in [0.25, 0.3) is 0 Å². The fourth-order valence-corrected chi connectivity index (χ4v) is 1.81. The van der Waals surface area contributed by atoms with Gasteiger partial charge in [0, 0.05) is 0 Å². The van der Waals surface area contributed by atoms with Crippen LogP contribution in [0, 0.1) is 0 Å². The Morgan fingerprint density at radius 2 is 1.56 bits per heavy atom. The van der Waals surface area contributed by atoms with E-state index in [2.05, 4.69) is 0 Å². The van der Waals surface area contributed by atoms with Gasteiger partial charge in [0.2, 0.25) is 4.75 Å². The van der Waals surface area contributed by atoms with Gasteiger partial charge in [-0.15, -0.1) is 0 Å². The van der Waals surface area contributed by atoms with Gasteiger partial charge in [-0.05, 0) is 5.56 Å². The van der Waals surface area contributed by atoms with Gasteiger partial charge in [0.1, 0.15) is 0 Å². The molecule has 0 aromatic heterocycles. The number of carbonyl (C=O) groups excluding carboxylic acids is 2. The quantitative estimate of drug-likeness (QED) is 0.272. The van der Waals surface area contributed by atoms with E-state index in [1.807, 2.05) is 0 Å². The molecular formula is C9H9NaO5S. The summed E-state index contributed by atoms with van der Waals surface area (Å²) in [6.45, 7) is 0. The van der Waals surface area contributed by atoms with Gasteiger partial charge in [0.05, 0.1) is 0 Å². The Hall–Kier alpha value is -0.530. The third-order valence-electron chi connectivity index (χ3n) is 2.00. The van der Waals surface area contributed by atoms with Gasteiger partial charge in [0.25, 0.3) is 10.1 Å². The summed E-state index contributed by atoms with van der Waals surface area (Å²) in [5.74, 6) is 0. The summed E-state index contributed by atoms with van der Waals surface area (Å²) >= 11 is 0. The molecule has 0 aliphatic carbocycles. The number of hydrogen-bond acceptors (Lipinski definition) is 4. The second-order valence-corrected chi connectivity index (χ2v) is 4.50. The molecule has 5 nitrogen and oxygen atoms in total. The van der Waals surface area contributed by atoms with Crippen LogP contribution in [0.5, 0.6) is 0 Å². The van der Waals surface area contributed by atoms with Gasteiger partial charge in [-0.1, -0.05) is 30.3 Å². The third kappa shape index (κ3) is 2.58. The van der Waals surface area contributed by atoms with Crippen molar-refractivity contribution in [2.45, 2.75) is 4.75 Å². The van der Waals surface area contributed by atoms with Gasteiger partial charge in [-0.2, -0.15) is 8.42 Å². The summed E-state index contributed by atoms with van der Waals surface area (Å²) in [6, 6.07) is 7.06. The Kier molecular flexibility index (Phi) is 5.51. The fourth-order valence-electron chi connectivity index (χ4n) is 1.13. The zero-order chi connectivity index (χ0) is 11.5. The molecule has 0 saturated heterocycles. The maximum Gasteiger partial charge on any atom is 1.00 e. The molecule has 0 atom stereocenters. The molecule has 0 aliphatic rings. The van der Waals surface area contributed by atoms with Crippen molar-refractivity contribution in [3.05, 3.63) is 35.9 Å². The van der Waals surface area contributed by atoms with Crippen LogP contribution in [0.4, 0.5) is 0 Å². The van der Waals surface area contributed by atoms with Crippen LogP contribution >= 0.6 is 0 Å². The first-order valence-electron chi connectivity index (χ1n) is 3.93. The largest absolute Gasteiger partial charge is 1.00 e. The molecule has 0 unspecified atom stereocenters. The number of hydrogen-bond donors (Lipinski definition) is 1. The molecule has 1 N–H and O–H groups in total. The average Bonchev–Trinajstić information content (AvgIpc) is 2.20. The summed E-state index contributed by atoms with van der Waals surface area (Å²) < 4.78 is 28.4. The molecule has 1 aromatic rings. The Morgan fingerprint density at radius 3 is 1.88 bits per heavy atom. The summed E-state index contributed by atoms with van der Waals surface area (Å²) in [6.07, 6.45) is -0.185. The Bertz CT molecular complexity index is 465. The van der Waals surface area contributed by atoms with E-state index in [0.717, 1.165) is 0 Å². The maximum atomic E-state index is 11.0. The molecule has 1 aromatic carbocycles. The molecule has 0 aliphatic heterocycles. The minimum absolute atomic E-state index is 0. The molecule has 0 heterocycles. The van der Waals surface area contributed by atoms with Crippen LogP contribution < -0.4 is 29.6 Å². The second-order valence-electron chi connectivity index (χ2n) is 2.87. The van der Waals surface area contributed by atoms with Crippen LogP contribution in [0.3, 0.4) is 0 Å². The maximum absolute atomic E-state index is 11.0. The van der Waals surface area contributed by atoms with E-state index in [-0.39, 0.29) is 49.1 Å². The molecule has 0 spiro atoms. The summed E-state index contributed by atoms with van der Waals surface area (Å²) in [7, 11) is -4.82. The monoisotopic (exact) mass is 252 g/mol. The first-order chi connectivity index (χ1) is 6.98. The van der Waals surface area contributed by atoms with Crippen molar-refractivity contribution in [1.29, 1.82) is 0 Å². The third-order valence-corrected chi connectivity index (χ3v) is 3.28. The zero-order valence-electron chi connectivity index (χ0n) is 9.53. The first kappa shape index (κ1) is 15.5. The van der Waals surface area contributed by atoms with E-state index in [9.17, 15) is 18.0 Å². The summed E-state index contributed by atoms with van der Waals surface area (Å²) in [5, 5.41) is 0. The SMILES string of the molecule is O=CC(C=O)(c1ccccc1)S(=O)(=O)O.[H-].[Na+]. The van der Waals surface area contributed by atoms with Crippen LogP contribution in [0.15, 0.2) is 30.3 Å². The minimum Gasteiger partial charge on any atom is -1.00 e. The minimum atomic E-state index is -4.82. The topological polar surface area (TPSA) is 88.5 Å². The van der Waals surface area contributed by atoms with Crippen molar-refractivity contribution in [1.82, 2.24) is 0 Å². The summed E-state index contributed by atoms with van der Waals surface area (Å²) in [4.78, 5) is 21.5. The number of aldehydes is 2. The number of carbonyl (C=O) groups is 2. The van der Waals surface area contributed by atoms with Crippen LogP contribution in [0.1, 0.15) is 6.99 Å². The predicted octanol–water partition coefficient (Wildman–Crippen LogP) is -2.72. The molecule has 82 valence electrons. The molecule has 0 fully saturated rings. The molecular weight excluding hydrogens is 243 g/mol. The van der Waals surface area contributed by atoms with E-state index >= 15 is 0 Å². The number of benzene rings is 1. The van der Waals surface area contributed by atoms with E-state index in [1.54, 1.807) is 6.07 Å². The average molecular weight is 252 g/mol. The summed E-state index contributed by atoms with van der Waals surface area (Å²) in [5.41, 5.74) is -0.0856. The second kappa shape index (κ2) is 5.70. The van der Waals surface area contributed by atoms with Crippen molar-refractivity contribution in [3.63, 3.8) is 0 Å². The Balaban J connectivity index is 0. The standard InChI is InChI=1S/C9H8O5S.Na.H/c10-6-9(7-11,15(12,13)14)8-4-2-1-3-5-8;;/h1-7H,(H,12,13,14);;/q;+1;-1. The fraction of sp³-hybridized carbons (Fsp3) is 0.111.